The van der Waals surface area contributed by atoms with Crippen molar-refractivity contribution in [1.29, 1.82) is 0 Å². The first kappa shape index (κ1) is 28.8. The SMILES string of the molecule is Cc1cccc2[nH]c(-c3ccc(-c4cccc(CN5CCN(c6ccncc6)CC5)c4)cc3)nc12.O=C(O)C(F)(F)F. The lowest BCUT2D eigenvalue weighted by atomic mass is 10.0. The normalized spacial score (nSPS) is 14.0. The van der Waals surface area contributed by atoms with Gasteiger partial charge in [0.15, 0.2) is 0 Å². The summed E-state index contributed by atoms with van der Waals surface area (Å²) in [6.07, 6.45) is -1.34. The van der Waals surface area contributed by atoms with Crippen LogP contribution in [-0.2, 0) is 11.3 Å². The number of fused-ring (bicyclic) bond motifs is 1. The number of anilines is 1. The fraction of sp³-hybridized carbons (Fsp3) is 0.219. The molecule has 2 aromatic heterocycles. The van der Waals surface area contributed by atoms with Crippen LogP contribution in [0.15, 0.2) is 91.3 Å². The number of carbonyl (C=O) groups is 1. The number of benzene rings is 3. The van der Waals surface area contributed by atoms with Crippen molar-refractivity contribution < 1.29 is 23.1 Å². The molecule has 1 aliphatic rings. The predicted molar refractivity (Wildman–Crippen MR) is 157 cm³/mol. The van der Waals surface area contributed by atoms with Crippen molar-refractivity contribution in [3.63, 3.8) is 0 Å². The lowest BCUT2D eigenvalue weighted by Crippen LogP contribution is -2.45. The van der Waals surface area contributed by atoms with Crippen molar-refractivity contribution in [2.24, 2.45) is 0 Å². The number of aromatic nitrogens is 3. The highest BCUT2D eigenvalue weighted by atomic mass is 19.4. The van der Waals surface area contributed by atoms with Gasteiger partial charge in [0.2, 0.25) is 0 Å². The van der Waals surface area contributed by atoms with Crippen LogP contribution in [0.4, 0.5) is 18.9 Å². The maximum atomic E-state index is 10.6. The molecule has 2 N–H and O–H groups in total. The maximum Gasteiger partial charge on any atom is 0.490 e. The summed E-state index contributed by atoms with van der Waals surface area (Å²) in [7, 11) is 0. The number of alkyl halides is 3. The van der Waals surface area contributed by atoms with E-state index in [1.54, 1.807) is 0 Å². The van der Waals surface area contributed by atoms with Crippen LogP contribution in [0.2, 0.25) is 0 Å². The highest BCUT2D eigenvalue weighted by Gasteiger charge is 2.38. The minimum absolute atomic E-state index is 0.917. The number of H-pyrrole nitrogens is 1. The molecule has 1 aliphatic heterocycles. The number of rotatable bonds is 5. The van der Waals surface area contributed by atoms with Gasteiger partial charge in [-0.15, -0.1) is 0 Å². The highest BCUT2D eigenvalue weighted by Crippen LogP contribution is 2.27. The second kappa shape index (κ2) is 12.4. The summed E-state index contributed by atoms with van der Waals surface area (Å²) in [5.41, 5.74) is 9.53. The molecule has 3 heterocycles. The van der Waals surface area contributed by atoms with Crippen LogP contribution in [0.25, 0.3) is 33.5 Å². The third-order valence-electron chi connectivity index (χ3n) is 7.18. The molecule has 0 spiro atoms. The summed E-state index contributed by atoms with van der Waals surface area (Å²) < 4.78 is 31.7. The lowest BCUT2D eigenvalue weighted by Gasteiger charge is -2.36. The number of carboxylic acid groups (broad SMARTS) is 1. The molecule has 42 heavy (non-hydrogen) atoms. The molecule has 0 amide bonds. The lowest BCUT2D eigenvalue weighted by molar-refractivity contribution is -0.192. The Hall–Kier alpha value is -4.70. The number of pyridine rings is 1. The average molecular weight is 574 g/mol. The van der Waals surface area contributed by atoms with Crippen LogP contribution < -0.4 is 4.90 Å². The third kappa shape index (κ3) is 6.95. The van der Waals surface area contributed by atoms with E-state index in [0.717, 1.165) is 55.1 Å². The van der Waals surface area contributed by atoms with E-state index in [0.29, 0.717) is 0 Å². The molecular weight excluding hydrogens is 543 g/mol. The smallest absolute Gasteiger partial charge is 0.475 e. The largest absolute Gasteiger partial charge is 0.490 e. The van der Waals surface area contributed by atoms with E-state index in [-0.39, 0.29) is 0 Å². The van der Waals surface area contributed by atoms with Crippen LogP contribution >= 0.6 is 0 Å². The van der Waals surface area contributed by atoms with Crippen LogP contribution in [-0.4, -0.2) is 63.3 Å². The van der Waals surface area contributed by atoms with Crippen molar-refractivity contribution in [3.05, 3.63) is 102 Å². The number of nitrogens with zero attached hydrogens (tertiary/aromatic N) is 4. The quantitative estimate of drug-likeness (QED) is 0.248. The Morgan fingerprint density at radius 1 is 0.881 bits per heavy atom. The molecule has 0 atom stereocenters. The fourth-order valence-electron chi connectivity index (χ4n) is 4.96. The molecule has 3 aromatic carbocycles. The van der Waals surface area contributed by atoms with E-state index in [4.69, 9.17) is 14.9 Å². The van der Waals surface area contributed by atoms with Gasteiger partial charge in [0.25, 0.3) is 0 Å². The summed E-state index contributed by atoms with van der Waals surface area (Å²) in [4.78, 5) is 26.3. The van der Waals surface area contributed by atoms with Gasteiger partial charge < -0.3 is 15.0 Å². The number of hydrogen-bond acceptors (Lipinski definition) is 5. The number of aromatic amines is 1. The molecule has 0 bridgehead atoms. The summed E-state index contributed by atoms with van der Waals surface area (Å²) >= 11 is 0. The van der Waals surface area contributed by atoms with Crippen molar-refractivity contribution >= 4 is 22.7 Å². The van der Waals surface area contributed by atoms with Crippen LogP contribution in [0.5, 0.6) is 0 Å². The van der Waals surface area contributed by atoms with Crippen molar-refractivity contribution in [3.8, 4) is 22.5 Å². The highest BCUT2D eigenvalue weighted by molar-refractivity contribution is 5.82. The fourth-order valence-corrected chi connectivity index (χ4v) is 4.96. The minimum atomic E-state index is -5.08. The van der Waals surface area contributed by atoms with Crippen molar-refractivity contribution in [2.45, 2.75) is 19.6 Å². The van der Waals surface area contributed by atoms with Gasteiger partial charge in [-0.3, -0.25) is 9.88 Å². The molecule has 0 radical (unpaired) electrons. The van der Waals surface area contributed by atoms with Gasteiger partial charge in [-0.1, -0.05) is 54.6 Å². The average Bonchev–Trinajstić information content (AvgIpc) is 3.44. The van der Waals surface area contributed by atoms with E-state index in [2.05, 4.69) is 106 Å². The van der Waals surface area contributed by atoms with E-state index >= 15 is 0 Å². The second-order valence-electron chi connectivity index (χ2n) is 10.1. The zero-order valence-electron chi connectivity index (χ0n) is 23.0. The Bertz CT molecular complexity index is 1640. The molecule has 0 aliphatic carbocycles. The first-order valence-electron chi connectivity index (χ1n) is 13.5. The van der Waals surface area contributed by atoms with Crippen molar-refractivity contribution in [2.75, 3.05) is 31.1 Å². The van der Waals surface area contributed by atoms with E-state index in [1.807, 2.05) is 12.4 Å². The molecule has 1 saturated heterocycles. The predicted octanol–water partition coefficient (Wildman–Crippen LogP) is 6.56. The van der Waals surface area contributed by atoms with Gasteiger partial charge in [0.1, 0.15) is 5.82 Å². The molecule has 0 unspecified atom stereocenters. The van der Waals surface area contributed by atoms with Gasteiger partial charge >= 0.3 is 12.1 Å². The molecular formula is C32H30F3N5O2. The number of carboxylic acids is 1. The Morgan fingerprint density at radius 2 is 1.52 bits per heavy atom. The van der Waals surface area contributed by atoms with Gasteiger partial charge in [-0.2, -0.15) is 13.2 Å². The Kier molecular flexibility index (Phi) is 8.53. The van der Waals surface area contributed by atoms with Crippen LogP contribution in [0.3, 0.4) is 0 Å². The number of aliphatic carboxylic acids is 1. The number of halogens is 3. The first-order valence-corrected chi connectivity index (χ1v) is 13.5. The molecule has 6 rings (SSSR count). The molecule has 7 nitrogen and oxygen atoms in total. The van der Waals surface area contributed by atoms with Gasteiger partial charge in [-0.05, 0) is 53.4 Å². The standard InChI is InChI=1S/C30H29N5.C2HF3O2/c1-22-4-2-7-28-29(22)33-30(32-28)25-10-8-24(9-11-25)26-6-3-5-23(20-26)21-34-16-18-35(19-17-34)27-12-14-31-15-13-27;3-2(4,5)1(6)7/h2-15,20H,16-19,21H2,1H3,(H,32,33);(H,6,7). The zero-order valence-corrected chi connectivity index (χ0v) is 23.0. The number of hydrogen-bond donors (Lipinski definition) is 2. The first-order chi connectivity index (χ1) is 20.2. The number of piperazine rings is 1. The minimum Gasteiger partial charge on any atom is -0.475 e. The Labute approximate surface area is 241 Å². The van der Waals surface area contributed by atoms with E-state index in [9.17, 15) is 13.2 Å². The van der Waals surface area contributed by atoms with Crippen LogP contribution in [0.1, 0.15) is 11.1 Å². The third-order valence-corrected chi connectivity index (χ3v) is 7.18. The topological polar surface area (TPSA) is 85.4 Å². The van der Waals surface area contributed by atoms with E-state index in [1.165, 1.54) is 27.9 Å². The summed E-state index contributed by atoms with van der Waals surface area (Å²) in [5, 5.41) is 7.12. The number of aryl methyl sites for hydroxylation is 1. The van der Waals surface area contributed by atoms with Crippen molar-refractivity contribution in [1.82, 2.24) is 19.9 Å². The zero-order chi connectivity index (χ0) is 29.7. The van der Waals surface area contributed by atoms with Gasteiger partial charge in [-0.25, -0.2) is 9.78 Å². The Balaban J connectivity index is 0.000000451. The monoisotopic (exact) mass is 573 g/mol. The number of para-hydroxylation sites is 1. The number of nitrogens with one attached hydrogen (secondary N) is 1. The summed E-state index contributed by atoms with van der Waals surface area (Å²) in [6.45, 7) is 7.31. The van der Waals surface area contributed by atoms with Gasteiger partial charge in [0.05, 0.1) is 11.0 Å². The summed E-state index contributed by atoms with van der Waals surface area (Å²) in [5.74, 6) is -1.84. The molecule has 10 heteroatoms. The summed E-state index contributed by atoms with van der Waals surface area (Å²) in [6, 6.07) is 28.1. The maximum absolute atomic E-state index is 10.6. The molecule has 1 fully saturated rings. The molecule has 5 aromatic rings. The van der Waals surface area contributed by atoms with E-state index < -0.39 is 12.1 Å². The second-order valence-corrected chi connectivity index (χ2v) is 10.1. The molecule has 0 saturated carbocycles. The van der Waals surface area contributed by atoms with Gasteiger partial charge in [0, 0.05) is 56.4 Å². The molecule has 216 valence electrons. The Morgan fingerprint density at radius 3 is 2.17 bits per heavy atom. The number of imidazole rings is 1. The van der Waals surface area contributed by atoms with Crippen LogP contribution in [0, 0.1) is 6.92 Å².